The second kappa shape index (κ2) is 4.19. The summed E-state index contributed by atoms with van der Waals surface area (Å²) in [7, 11) is 0. The molecule has 0 heterocycles. The number of fused-ring (bicyclic) bond motifs is 5. The third kappa shape index (κ3) is 1.66. The fourth-order valence-corrected chi connectivity index (χ4v) is 5.16. The minimum Gasteiger partial charge on any atom is -0.508 e. The van der Waals surface area contributed by atoms with Gasteiger partial charge in [-0.1, -0.05) is 13.0 Å². The van der Waals surface area contributed by atoms with Crippen LogP contribution in [0.15, 0.2) is 18.2 Å². The number of ketones is 2. The first-order valence-corrected chi connectivity index (χ1v) is 7.88. The highest BCUT2D eigenvalue weighted by molar-refractivity contribution is 5.97. The van der Waals surface area contributed by atoms with E-state index >= 15 is 0 Å². The molecular weight excluding hydrogens is 264 g/mol. The molecule has 0 saturated heterocycles. The number of hydrogen-bond acceptors (Lipinski definition) is 3. The highest BCUT2D eigenvalue weighted by Gasteiger charge is 2.57. The van der Waals surface area contributed by atoms with Gasteiger partial charge in [-0.2, -0.15) is 0 Å². The van der Waals surface area contributed by atoms with Crippen molar-refractivity contribution in [3.63, 3.8) is 0 Å². The molecular formula is C18H20O3. The smallest absolute Gasteiger partial charge is 0.141 e. The molecule has 0 spiro atoms. The van der Waals surface area contributed by atoms with Crippen molar-refractivity contribution < 1.29 is 14.7 Å². The number of aromatic hydroxyl groups is 1. The molecule has 4 atom stereocenters. The number of carbonyl (C=O) groups excluding carboxylic acids is 2. The van der Waals surface area contributed by atoms with Crippen molar-refractivity contribution in [3.8, 4) is 5.75 Å². The second-order valence-electron chi connectivity index (χ2n) is 7.19. The molecule has 21 heavy (non-hydrogen) atoms. The second-order valence-corrected chi connectivity index (χ2v) is 7.19. The molecule has 3 heteroatoms. The zero-order valence-corrected chi connectivity index (χ0v) is 12.3. The number of phenols is 1. The third-order valence-corrected chi connectivity index (χ3v) is 6.18. The zero-order chi connectivity index (χ0) is 14.8. The Hall–Kier alpha value is -1.64. The maximum atomic E-state index is 12.8. The van der Waals surface area contributed by atoms with E-state index in [1.165, 1.54) is 0 Å². The summed E-state index contributed by atoms with van der Waals surface area (Å²) in [5.41, 5.74) is 1.79. The van der Waals surface area contributed by atoms with Crippen molar-refractivity contribution in [2.24, 2.45) is 17.3 Å². The van der Waals surface area contributed by atoms with Gasteiger partial charge in [0.1, 0.15) is 17.3 Å². The average molecular weight is 284 g/mol. The lowest BCUT2D eigenvalue weighted by Crippen LogP contribution is -2.47. The van der Waals surface area contributed by atoms with Crippen LogP contribution in [0.25, 0.3) is 0 Å². The molecule has 0 radical (unpaired) electrons. The van der Waals surface area contributed by atoms with E-state index in [9.17, 15) is 14.7 Å². The third-order valence-electron chi connectivity index (χ3n) is 6.18. The summed E-state index contributed by atoms with van der Waals surface area (Å²) in [5, 5.41) is 9.65. The largest absolute Gasteiger partial charge is 0.508 e. The van der Waals surface area contributed by atoms with Crippen molar-refractivity contribution in [3.05, 3.63) is 29.3 Å². The first-order valence-electron chi connectivity index (χ1n) is 7.88. The molecule has 3 aliphatic carbocycles. The monoisotopic (exact) mass is 284 g/mol. The lowest BCUT2D eigenvalue weighted by Gasteiger charge is -2.47. The minimum absolute atomic E-state index is 0.0571. The molecule has 4 rings (SSSR count). The summed E-state index contributed by atoms with van der Waals surface area (Å²) in [6, 6.07) is 5.40. The molecule has 2 saturated carbocycles. The van der Waals surface area contributed by atoms with Gasteiger partial charge in [-0.15, -0.1) is 0 Å². The van der Waals surface area contributed by atoms with Crippen LogP contribution in [0.5, 0.6) is 5.75 Å². The topological polar surface area (TPSA) is 54.4 Å². The molecule has 0 aromatic heterocycles. The molecule has 3 nitrogen and oxygen atoms in total. The van der Waals surface area contributed by atoms with Crippen LogP contribution in [-0.4, -0.2) is 16.7 Å². The van der Waals surface area contributed by atoms with Gasteiger partial charge in [0, 0.05) is 24.2 Å². The Kier molecular flexibility index (Phi) is 2.60. The van der Waals surface area contributed by atoms with Gasteiger partial charge in [-0.25, -0.2) is 0 Å². The van der Waals surface area contributed by atoms with E-state index in [1.807, 2.05) is 13.0 Å². The molecule has 1 N–H and O–H groups in total. The van der Waals surface area contributed by atoms with E-state index in [-0.39, 0.29) is 23.2 Å². The van der Waals surface area contributed by atoms with E-state index in [0.717, 1.165) is 30.4 Å². The van der Waals surface area contributed by atoms with Crippen molar-refractivity contribution in [2.45, 2.75) is 44.9 Å². The molecule has 0 amide bonds. The Balaban J connectivity index is 1.80. The standard InChI is InChI=1S/C18H20O3/c1-18-9-15(20)17-12-5-3-11(19)8-10(12)2-4-13(17)14(18)6-7-16(18)21/h3,5,8,13-14,17,19H,2,4,6-7,9H2,1H3/t13-,14-,17-,18-/m0/s1. The molecule has 110 valence electrons. The fraction of sp³-hybridized carbons (Fsp3) is 0.556. The number of aryl methyl sites for hydroxylation is 1. The maximum Gasteiger partial charge on any atom is 0.141 e. The minimum atomic E-state index is -0.410. The maximum absolute atomic E-state index is 12.8. The van der Waals surface area contributed by atoms with Gasteiger partial charge in [0.15, 0.2) is 0 Å². The van der Waals surface area contributed by atoms with Crippen LogP contribution < -0.4 is 0 Å². The van der Waals surface area contributed by atoms with Crippen LogP contribution >= 0.6 is 0 Å². The summed E-state index contributed by atoms with van der Waals surface area (Å²) in [5.74, 6) is 1.39. The first-order chi connectivity index (χ1) is 10.0. The number of phenolic OH excluding ortho intramolecular Hbond substituents is 1. The fourth-order valence-electron chi connectivity index (χ4n) is 5.16. The zero-order valence-electron chi connectivity index (χ0n) is 12.3. The molecule has 2 fully saturated rings. The Bertz CT molecular complexity index is 648. The SMILES string of the molecule is C[C@]12CC(=O)[C@H]3c4ccc(O)cc4CC[C@H]3[C@@H]1CCC2=O. The molecule has 3 aliphatic rings. The number of benzene rings is 1. The van der Waals surface area contributed by atoms with Crippen LogP contribution in [0.4, 0.5) is 0 Å². The van der Waals surface area contributed by atoms with Gasteiger partial charge in [-0.05, 0) is 54.4 Å². The van der Waals surface area contributed by atoms with E-state index in [2.05, 4.69) is 0 Å². The quantitative estimate of drug-likeness (QED) is 0.797. The van der Waals surface area contributed by atoms with Crippen LogP contribution in [0.1, 0.15) is 49.7 Å². The van der Waals surface area contributed by atoms with Crippen LogP contribution in [0.2, 0.25) is 0 Å². The Labute approximate surface area is 124 Å². The van der Waals surface area contributed by atoms with Gasteiger partial charge in [0.05, 0.1) is 0 Å². The van der Waals surface area contributed by atoms with Crippen LogP contribution in [0, 0.1) is 17.3 Å². The predicted molar refractivity (Wildman–Crippen MR) is 78.1 cm³/mol. The summed E-state index contributed by atoms with van der Waals surface area (Å²) in [6.45, 7) is 2.01. The summed E-state index contributed by atoms with van der Waals surface area (Å²) in [6.07, 6.45) is 3.84. The van der Waals surface area contributed by atoms with Gasteiger partial charge in [0.25, 0.3) is 0 Å². The van der Waals surface area contributed by atoms with Gasteiger partial charge in [-0.3, -0.25) is 9.59 Å². The number of rotatable bonds is 0. The van der Waals surface area contributed by atoms with Crippen LogP contribution in [-0.2, 0) is 16.0 Å². The number of carbonyl (C=O) groups is 2. The highest BCUT2D eigenvalue weighted by Crippen LogP contribution is 2.58. The summed E-state index contributed by atoms with van der Waals surface area (Å²) in [4.78, 5) is 25.0. The summed E-state index contributed by atoms with van der Waals surface area (Å²) < 4.78 is 0. The van der Waals surface area contributed by atoms with Crippen LogP contribution in [0.3, 0.4) is 0 Å². The number of hydrogen-bond donors (Lipinski definition) is 1. The van der Waals surface area contributed by atoms with E-state index < -0.39 is 5.41 Å². The van der Waals surface area contributed by atoms with E-state index in [0.29, 0.717) is 24.7 Å². The molecule has 0 bridgehead atoms. The van der Waals surface area contributed by atoms with Gasteiger partial charge < -0.3 is 5.11 Å². The normalized spacial score (nSPS) is 37.9. The molecule has 0 unspecified atom stereocenters. The van der Waals surface area contributed by atoms with Crippen molar-refractivity contribution >= 4 is 11.6 Å². The highest BCUT2D eigenvalue weighted by atomic mass is 16.3. The number of Topliss-reactive ketones (excluding diaryl/α,β-unsaturated/α-hetero) is 2. The van der Waals surface area contributed by atoms with Crippen molar-refractivity contribution in [1.82, 2.24) is 0 Å². The lowest BCUT2D eigenvalue weighted by molar-refractivity contribution is -0.139. The van der Waals surface area contributed by atoms with Gasteiger partial charge in [0.2, 0.25) is 0 Å². The Morgan fingerprint density at radius 3 is 2.81 bits per heavy atom. The van der Waals surface area contributed by atoms with Crippen molar-refractivity contribution in [2.75, 3.05) is 0 Å². The molecule has 1 aromatic rings. The lowest BCUT2D eigenvalue weighted by atomic mass is 9.55. The molecule has 1 aromatic carbocycles. The van der Waals surface area contributed by atoms with E-state index in [4.69, 9.17) is 0 Å². The first kappa shape index (κ1) is 13.1. The van der Waals surface area contributed by atoms with E-state index in [1.54, 1.807) is 12.1 Å². The van der Waals surface area contributed by atoms with Crippen molar-refractivity contribution in [1.29, 1.82) is 0 Å². The average Bonchev–Trinajstić information content (AvgIpc) is 2.74. The Morgan fingerprint density at radius 1 is 1.19 bits per heavy atom. The van der Waals surface area contributed by atoms with Gasteiger partial charge >= 0.3 is 0 Å². The Morgan fingerprint density at radius 2 is 2.00 bits per heavy atom. The predicted octanol–water partition coefficient (Wildman–Crippen LogP) is 3.00. The summed E-state index contributed by atoms with van der Waals surface area (Å²) >= 11 is 0. The molecule has 0 aliphatic heterocycles.